The Morgan fingerprint density at radius 3 is 2.41 bits per heavy atom. The van der Waals surface area contributed by atoms with Crippen molar-refractivity contribution in [2.24, 2.45) is 4.76 Å². The highest BCUT2D eigenvalue weighted by Gasteiger charge is 2.23. The maximum absolute atomic E-state index is 12.3. The van der Waals surface area contributed by atoms with E-state index in [-0.39, 0.29) is 35.6 Å². The molecular formula is C14H14NO6P. The van der Waals surface area contributed by atoms with Gasteiger partial charge in [-0.25, -0.2) is 4.57 Å². The van der Waals surface area contributed by atoms with E-state index < -0.39 is 13.5 Å². The summed E-state index contributed by atoms with van der Waals surface area (Å²) in [7, 11) is -4.67. The summed E-state index contributed by atoms with van der Waals surface area (Å²) >= 11 is 0. The highest BCUT2D eigenvalue weighted by atomic mass is 31.2. The van der Waals surface area contributed by atoms with E-state index in [0.29, 0.717) is 5.56 Å². The number of rotatable bonds is 4. The number of phenolic OH excluding ortho intramolecular Hbond substituents is 1. The van der Waals surface area contributed by atoms with Crippen LogP contribution in [0.4, 0.5) is 0 Å². The molecule has 7 nitrogen and oxygen atoms in total. The van der Waals surface area contributed by atoms with E-state index in [1.807, 2.05) is 0 Å². The quantitative estimate of drug-likeness (QED) is 0.626. The highest BCUT2D eigenvalue weighted by Crippen LogP contribution is 2.38. The Balaban J connectivity index is 2.28. The Morgan fingerprint density at radius 1 is 1.18 bits per heavy atom. The lowest BCUT2D eigenvalue weighted by molar-refractivity contribution is -0.114. The lowest BCUT2D eigenvalue weighted by atomic mass is 9.94. The van der Waals surface area contributed by atoms with E-state index in [0.717, 1.165) is 6.08 Å². The zero-order chi connectivity index (χ0) is 16.3. The smallest absolute Gasteiger partial charge is 0.448 e. The number of ketones is 1. The van der Waals surface area contributed by atoms with Crippen molar-refractivity contribution in [3.05, 3.63) is 53.3 Å². The van der Waals surface area contributed by atoms with Gasteiger partial charge in [-0.1, -0.05) is 12.1 Å². The molecule has 4 N–H and O–H groups in total. The van der Waals surface area contributed by atoms with Crippen LogP contribution in [0.1, 0.15) is 12.0 Å². The van der Waals surface area contributed by atoms with Gasteiger partial charge in [0.1, 0.15) is 11.5 Å². The first-order chi connectivity index (χ1) is 10.2. The molecule has 0 saturated heterocycles. The number of aliphatic hydroxyl groups excluding tert-OH is 1. The molecule has 0 bridgehead atoms. The summed E-state index contributed by atoms with van der Waals surface area (Å²) in [5, 5.41) is 18.7. The van der Waals surface area contributed by atoms with E-state index in [1.54, 1.807) is 12.1 Å². The summed E-state index contributed by atoms with van der Waals surface area (Å²) in [5.41, 5.74) is 0.527. The number of carbonyl (C=O) groups excluding carboxylic acids is 1. The van der Waals surface area contributed by atoms with Crippen LogP contribution in [0.5, 0.6) is 5.75 Å². The summed E-state index contributed by atoms with van der Waals surface area (Å²) in [4.78, 5) is 30.2. The molecule has 0 amide bonds. The monoisotopic (exact) mass is 323 g/mol. The number of hydrogen-bond acceptors (Lipinski definition) is 4. The van der Waals surface area contributed by atoms with Gasteiger partial charge in [0, 0.05) is 18.4 Å². The van der Waals surface area contributed by atoms with Crippen molar-refractivity contribution in [1.82, 2.24) is 0 Å². The van der Waals surface area contributed by atoms with Crippen molar-refractivity contribution >= 4 is 19.2 Å². The second-order valence-corrected chi connectivity index (χ2v) is 5.94. The fraction of sp³-hybridized carbons (Fsp3) is 0.143. The van der Waals surface area contributed by atoms with E-state index >= 15 is 0 Å². The van der Waals surface area contributed by atoms with Crippen LogP contribution in [0.2, 0.25) is 0 Å². The van der Waals surface area contributed by atoms with Crippen molar-refractivity contribution in [2.45, 2.75) is 12.8 Å². The van der Waals surface area contributed by atoms with E-state index in [4.69, 9.17) is 9.79 Å². The van der Waals surface area contributed by atoms with Gasteiger partial charge in [-0.05, 0) is 29.8 Å². The third-order valence-corrected chi connectivity index (χ3v) is 3.46. The normalized spacial score (nSPS) is 17.1. The summed E-state index contributed by atoms with van der Waals surface area (Å²) < 4.78 is 14.3. The van der Waals surface area contributed by atoms with Crippen LogP contribution in [0.15, 0.2) is 52.5 Å². The Morgan fingerprint density at radius 2 is 1.82 bits per heavy atom. The SMILES string of the molecule is O=C(Cc1ccc(O)cc1)C1=CC(O)=CCC1=NP(=O)(O)O. The van der Waals surface area contributed by atoms with Crippen molar-refractivity contribution in [3.63, 3.8) is 0 Å². The fourth-order valence-corrected chi connectivity index (χ4v) is 2.49. The zero-order valence-corrected chi connectivity index (χ0v) is 12.3. The van der Waals surface area contributed by atoms with Crippen molar-refractivity contribution < 1.29 is 29.4 Å². The molecule has 0 heterocycles. The lowest BCUT2D eigenvalue weighted by Gasteiger charge is -2.13. The van der Waals surface area contributed by atoms with Crippen LogP contribution in [0.3, 0.4) is 0 Å². The van der Waals surface area contributed by atoms with Gasteiger partial charge in [-0.2, -0.15) is 4.76 Å². The number of carbonyl (C=O) groups is 1. The number of nitrogens with zero attached hydrogens (tertiary/aromatic N) is 1. The molecule has 22 heavy (non-hydrogen) atoms. The topological polar surface area (TPSA) is 127 Å². The molecule has 1 aliphatic carbocycles. The average Bonchev–Trinajstić information content (AvgIpc) is 2.42. The van der Waals surface area contributed by atoms with Crippen molar-refractivity contribution in [2.75, 3.05) is 0 Å². The molecule has 2 rings (SSSR count). The fourth-order valence-electron chi connectivity index (χ4n) is 1.99. The predicted octanol–water partition coefficient (Wildman–Crippen LogP) is 1.81. The first-order valence-corrected chi connectivity index (χ1v) is 7.88. The number of phenols is 1. The molecule has 1 aromatic carbocycles. The Bertz CT molecular complexity index is 726. The third-order valence-electron chi connectivity index (χ3n) is 2.96. The maximum Gasteiger partial charge on any atom is 0.448 e. The van der Waals surface area contributed by atoms with Crippen LogP contribution >= 0.6 is 7.75 Å². The minimum Gasteiger partial charge on any atom is -0.508 e. The molecule has 0 aliphatic heterocycles. The Labute approximate surface area is 126 Å². The molecule has 0 radical (unpaired) electrons. The molecule has 0 aromatic heterocycles. The third kappa shape index (κ3) is 4.39. The molecule has 1 aliphatic rings. The molecule has 0 fully saturated rings. The van der Waals surface area contributed by atoms with E-state index in [2.05, 4.69) is 4.76 Å². The molecule has 0 saturated carbocycles. The number of Topliss-reactive ketones (excluding diaryl/α,β-unsaturated/α-hetero) is 1. The molecule has 1 aromatic rings. The molecule has 0 atom stereocenters. The van der Waals surface area contributed by atoms with Gasteiger partial charge in [-0.3, -0.25) is 4.79 Å². The number of benzene rings is 1. The minimum absolute atomic E-state index is 0.0311. The first-order valence-electron chi connectivity index (χ1n) is 6.31. The van der Waals surface area contributed by atoms with Crippen molar-refractivity contribution in [3.8, 4) is 5.75 Å². The van der Waals surface area contributed by atoms with E-state index in [9.17, 15) is 19.6 Å². The first kappa shape index (κ1) is 16.2. The minimum atomic E-state index is -4.67. The van der Waals surface area contributed by atoms with Crippen LogP contribution in [-0.4, -0.2) is 31.5 Å². The molecular weight excluding hydrogens is 309 g/mol. The largest absolute Gasteiger partial charge is 0.508 e. The lowest BCUT2D eigenvalue weighted by Crippen LogP contribution is -2.17. The van der Waals surface area contributed by atoms with Gasteiger partial charge in [0.15, 0.2) is 5.78 Å². The average molecular weight is 323 g/mol. The zero-order valence-electron chi connectivity index (χ0n) is 11.4. The van der Waals surface area contributed by atoms with Crippen molar-refractivity contribution in [1.29, 1.82) is 0 Å². The van der Waals surface area contributed by atoms with Crippen LogP contribution < -0.4 is 0 Å². The standard InChI is InChI=1S/C14H14NO6P/c16-10-3-1-9(2-4-10)7-14(18)12-8-11(17)5-6-13(12)15-22(19,20)21/h1-5,8,16-17H,6-7H2,(H2,19,20,21). The molecule has 8 heteroatoms. The maximum atomic E-state index is 12.3. The van der Waals surface area contributed by atoms with Gasteiger partial charge in [0.05, 0.1) is 5.71 Å². The van der Waals surface area contributed by atoms with Crippen LogP contribution in [-0.2, 0) is 15.8 Å². The molecule has 0 spiro atoms. The summed E-state index contributed by atoms with van der Waals surface area (Å²) in [5.74, 6) is -0.520. The second-order valence-electron chi connectivity index (χ2n) is 4.72. The second kappa shape index (κ2) is 6.27. The summed E-state index contributed by atoms with van der Waals surface area (Å²) in [6.07, 6.45) is 2.37. The van der Waals surface area contributed by atoms with Gasteiger partial charge in [0.2, 0.25) is 0 Å². The Kier molecular flexibility index (Phi) is 4.61. The van der Waals surface area contributed by atoms with E-state index in [1.165, 1.54) is 18.2 Å². The van der Waals surface area contributed by atoms with Gasteiger partial charge >= 0.3 is 7.75 Å². The van der Waals surface area contributed by atoms with Gasteiger partial charge < -0.3 is 20.0 Å². The molecule has 116 valence electrons. The number of allylic oxidation sites excluding steroid dienone is 3. The highest BCUT2D eigenvalue weighted by molar-refractivity contribution is 7.50. The predicted molar refractivity (Wildman–Crippen MR) is 79.7 cm³/mol. The number of aromatic hydroxyl groups is 1. The summed E-state index contributed by atoms with van der Waals surface area (Å²) in [6.45, 7) is 0. The number of hydrogen-bond donors (Lipinski definition) is 4. The summed E-state index contributed by atoms with van der Waals surface area (Å²) in [6, 6.07) is 5.98. The van der Waals surface area contributed by atoms with Gasteiger partial charge in [0.25, 0.3) is 0 Å². The Hall–Kier alpha value is -2.21. The van der Waals surface area contributed by atoms with Crippen LogP contribution in [0.25, 0.3) is 0 Å². The molecule has 0 unspecified atom stereocenters. The van der Waals surface area contributed by atoms with Crippen LogP contribution in [0, 0.1) is 0 Å². The van der Waals surface area contributed by atoms with Gasteiger partial charge in [-0.15, -0.1) is 0 Å². The number of aliphatic hydroxyl groups is 1.